The molecule has 2 heteroatoms. The Kier molecular flexibility index (Phi) is 2.66. The maximum atomic E-state index is 5.91. The Morgan fingerprint density at radius 1 is 1.17 bits per heavy atom. The van der Waals surface area contributed by atoms with Gasteiger partial charge >= 0.3 is 0 Å². The monoisotopic (exact) mass is 169 g/mol. The first-order valence-electron chi connectivity index (χ1n) is 5.22. The normalized spacial score (nSPS) is 38.8. The van der Waals surface area contributed by atoms with Crippen LogP contribution in [0.15, 0.2) is 0 Å². The van der Waals surface area contributed by atoms with Gasteiger partial charge in [0.25, 0.3) is 0 Å². The lowest BCUT2D eigenvalue weighted by Crippen LogP contribution is -2.46. The van der Waals surface area contributed by atoms with E-state index in [1.807, 2.05) is 0 Å². The van der Waals surface area contributed by atoms with Crippen molar-refractivity contribution in [3.63, 3.8) is 0 Å². The van der Waals surface area contributed by atoms with Crippen LogP contribution in [0.5, 0.6) is 0 Å². The van der Waals surface area contributed by atoms with Crippen molar-refractivity contribution in [3.05, 3.63) is 0 Å². The van der Waals surface area contributed by atoms with Crippen LogP contribution >= 0.6 is 0 Å². The highest BCUT2D eigenvalue weighted by Crippen LogP contribution is 2.30. The summed E-state index contributed by atoms with van der Waals surface area (Å²) >= 11 is 0. The van der Waals surface area contributed by atoms with E-state index >= 15 is 0 Å². The zero-order valence-electron chi connectivity index (χ0n) is 7.88. The molecule has 70 valence electrons. The molecule has 0 bridgehead atoms. The molecule has 0 aromatic rings. The fraction of sp³-hybridized carbons (Fsp3) is 1.00. The molecule has 2 rings (SSSR count). The molecule has 2 aliphatic rings. The van der Waals surface area contributed by atoms with E-state index in [2.05, 4.69) is 12.2 Å². The van der Waals surface area contributed by atoms with Gasteiger partial charge in [-0.3, -0.25) is 0 Å². The van der Waals surface area contributed by atoms with Gasteiger partial charge in [0.15, 0.2) is 0 Å². The number of nitrogens with one attached hydrogen (secondary N) is 1. The number of ether oxygens (including phenoxy) is 1. The molecule has 1 saturated heterocycles. The molecule has 1 saturated carbocycles. The lowest BCUT2D eigenvalue weighted by Gasteiger charge is -2.32. The van der Waals surface area contributed by atoms with Crippen molar-refractivity contribution in [2.45, 2.75) is 44.8 Å². The summed E-state index contributed by atoms with van der Waals surface area (Å²) in [5.74, 6) is 0.847. The molecule has 1 heterocycles. The van der Waals surface area contributed by atoms with Crippen molar-refractivity contribution in [2.75, 3.05) is 13.1 Å². The molecular formula is C10H19NO. The minimum absolute atomic E-state index is 0.421. The Labute approximate surface area is 74.7 Å². The molecule has 0 amide bonds. The van der Waals surface area contributed by atoms with Gasteiger partial charge in [0.1, 0.15) is 0 Å². The van der Waals surface area contributed by atoms with Gasteiger partial charge in [-0.2, -0.15) is 0 Å². The quantitative estimate of drug-likeness (QED) is 0.643. The second-order valence-electron chi connectivity index (χ2n) is 4.19. The Morgan fingerprint density at radius 2 is 1.92 bits per heavy atom. The minimum Gasteiger partial charge on any atom is -0.372 e. The Hall–Kier alpha value is -0.0800. The van der Waals surface area contributed by atoms with Crippen LogP contribution in [-0.2, 0) is 4.74 Å². The van der Waals surface area contributed by atoms with Gasteiger partial charge < -0.3 is 10.1 Å². The van der Waals surface area contributed by atoms with E-state index in [0.29, 0.717) is 12.2 Å². The molecule has 0 radical (unpaired) electrons. The molecule has 0 aromatic carbocycles. The number of rotatable bonds is 1. The lowest BCUT2D eigenvalue weighted by molar-refractivity contribution is -0.0554. The van der Waals surface area contributed by atoms with E-state index in [9.17, 15) is 0 Å². The van der Waals surface area contributed by atoms with Crippen LogP contribution in [0, 0.1) is 5.92 Å². The SMILES string of the molecule is CC1CNCC(C2CCCC2)O1. The van der Waals surface area contributed by atoms with Crippen molar-refractivity contribution >= 4 is 0 Å². The Bertz CT molecular complexity index is 143. The number of morpholine rings is 1. The van der Waals surface area contributed by atoms with Crippen LogP contribution in [0.1, 0.15) is 32.6 Å². The summed E-state index contributed by atoms with van der Waals surface area (Å²) in [6.07, 6.45) is 6.54. The van der Waals surface area contributed by atoms with E-state index in [1.54, 1.807) is 0 Å². The van der Waals surface area contributed by atoms with Gasteiger partial charge in [-0.25, -0.2) is 0 Å². The van der Waals surface area contributed by atoms with Gasteiger partial charge in [-0.1, -0.05) is 12.8 Å². The highest BCUT2D eigenvalue weighted by molar-refractivity contribution is 4.81. The number of hydrogen-bond donors (Lipinski definition) is 1. The molecule has 0 aromatic heterocycles. The highest BCUT2D eigenvalue weighted by atomic mass is 16.5. The van der Waals surface area contributed by atoms with Crippen LogP contribution in [0.4, 0.5) is 0 Å². The van der Waals surface area contributed by atoms with E-state index in [0.717, 1.165) is 19.0 Å². The van der Waals surface area contributed by atoms with E-state index < -0.39 is 0 Å². The van der Waals surface area contributed by atoms with Crippen molar-refractivity contribution in [2.24, 2.45) is 5.92 Å². The second-order valence-corrected chi connectivity index (χ2v) is 4.19. The van der Waals surface area contributed by atoms with Crippen LogP contribution in [0.25, 0.3) is 0 Å². The summed E-state index contributed by atoms with van der Waals surface area (Å²) in [5.41, 5.74) is 0. The Morgan fingerprint density at radius 3 is 2.58 bits per heavy atom. The average molecular weight is 169 g/mol. The number of hydrogen-bond acceptors (Lipinski definition) is 2. The predicted molar refractivity (Wildman–Crippen MR) is 49.2 cm³/mol. The van der Waals surface area contributed by atoms with Crippen molar-refractivity contribution in [3.8, 4) is 0 Å². The van der Waals surface area contributed by atoms with Crippen molar-refractivity contribution in [1.82, 2.24) is 5.32 Å². The third kappa shape index (κ3) is 1.80. The molecule has 2 atom stereocenters. The zero-order chi connectivity index (χ0) is 8.39. The summed E-state index contributed by atoms with van der Waals surface area (Å²) in [5, 5.41) is 3.44. The lowest BCUT2D eigenvalue weighted by atomic mass is 9.99. The standard InChI is InChI=1S/C10H19NO/c1-8-6-11-7-10(12-8)9-4-2-3-5-9/h8-11H,2-7H2,1H3. The summed E-state index contributed by atoms with van der Waals surface area (Å²) in [6.45, 7) is 4.27. The molecule has 2 unspecified atom stereocenters. The van der Waals surface area contributed by atoms with E-state index in [-0.39, 0.29) is 0 Å². The largest absolute Gasteiger partial charge is 0.372 e. The maximum absolute atomic E-state index is 5.91. The first-order chi connectivity index (χ1) is 5.86. The molecule has 1 N–H and O–H groups in total. The molecule has 2 fully saturated rings. The summed E-state index contributed by atoms with van der Waals surface area (Å²) < 4.78 is 5.91. The maximum Gasteiger partial charge on any atom is 0.0731 e. The zero-order valence-corrected chi connectivity index (χ0v) is 7.88. The molecule has 1 aliphatic carbocycles. The first-order valence-corrected chi connectivity index (χ1v) is 5.22. The van der Waals surface area contributed by atoms with Crippen LogP contribution in [-0.4, -0.2) is 25.3 Å². The molecule has 1 aliphatic heterocycles. The van der Waals surface area contributed by atoms with Gasteiger partial charge in [0.05, 0.1) is 12.2 Å². The van der Waals surface area contributed by atoms with Crippen LogP contribution in [0.3, 0.4) is 0 Å². The van der Waals surface area contributed by atoms with Gasteiger partial charge in [0, 0.05) is 13.1 Å². The molecule has 12 heavy (non-hydrogen) atoms. The third-order valence-electron chi connectivity index (χ3n) is 3.11. The van der Waals surface area contributed by atoms with Gasteiger partial charge in [0.2, 0.25) is 0 Å². The third-order valence-corrected chi connectivity index (χ3v) is 3.11. The average Bonchev–Trinajstić information content (AvgIpc) is 2.56. The van der Waals surface area contributed by atoms with E-state index in [1.165, 1.54) is 25.7 Å². The summed E-state index contributed by atoms with van der Waals surface area (Å²) in [6, 6.07) is 0. The van der Waals surface area contributed by atoms with Gasteiger partial charge in [-0.15, -0.1) is 0 Å². The highest BCUT2D eigenvalue weighted by Gasteiger charge is 2.28. The smallest absolute Gasteiger partial charge is 0.0731 e. The predicted octanol–water partition coefficient (Wildman–Crippen LogP) is 1.55. The molecule has 2 nitrogen and oxygen atoms in total. The van der Waals surface area contributed by atoms with Crippen molar-refractivity contribution < 1.29 is 4.74 Å². The van der Waals surface area contributed by atoms with Crippen LogP contribution in [0.2, 0.25) is 0 Å². The van der Waals surface area contributed by atoms with Gasteiger partial charge in [-0.05, 0) is 25.7 Å². The van der Waals surface area contributed by atoms with Crippen molar-refractivity contribution in [1.29, 1.82) is 0 Å². The molecule has 0 spiro atoms. The molecular weight excluding hydrogens is 150 g/mol. The topological polar surface area (TPSA) is 21.3 Å². The summed E-state index contributed by atoms with van der Waals surface area (Å²) in [4.78, 5) is 0. The fourth-order valence-electron chi connectivity index (χ4n) is 2.43. The van der Waals surface area contributed by atoms with E-state index in [4.69, 9.17) is 4.74 Å². The minimum atomic E-state index is 0.421. The Balaban J connectivity index is 1.85. The summed E-state index contributed by atoms with van der Waals surface area (Å²) in [7, 11) is 0. The second kappa shape index (κ2) is 3.75. The first kappa shape index (κ1) is 8.52. The van der Waals surface area contributed by atoms with Crippen LogP contribution < -0.4 is 5.32 Å². The fourth-order valence-corrected chi connectivity index (χ4v) is 2.43.